The van der Waals surface area contributed by atoms with Crippen LogP contribution in [0, 0.1) is 0 Å². The minimum absolute atomic E-state index is 0.112. The molecule has 4 rings (SSSR count). The Balaban J connectivity index is 1.68. The third kappa shape index (κ3) is 4.53. The summed E-state index contributed by atoms with van der Waals surface area (Å²) < 4.78 is 5.21. The third-order valence-electron chi connectivity index (χ3n) is 4.63. The van der Waals surface area contributed by atoms with Crippen LogP contribution < -0.4 is 9.64 Å². The average Bonchev–Trinajstić information content (AvgIpc) is 3.28. The molecule has 0 atom stereocenters. The molecule has 4 aromatic rings. The van der Waals surface area contributed by atoms with Gasteiger partial charge in [0.05, 0.1) is 19.3 Å². The van der Waals surface area contributed by atoms with Gasteiger partial charge in [0.2, 0.25) is 0 Å². The van der Waals surface area contributed by atoms with Crippen LogP contribution in [-0.2, 0) is 6.54 Å². The van der Waals surface area contributed by atoms with Gasteiger partial charge in [0.25, 0.3) is 5.91 Å². The van der Waals surface area contributed by atoms with Crippen molar-refractivity contribution in [3.05, 3.63) is 100 Å². The van der Waals surface area contributed by atoms with Crippen LogP contribution in [0.4, 0.5) is 5.13 Å². The van der Waals surface area contributed by atoms with Gasteiger partial charge in [-0.25, -0.2) is 4.98 Å². The molecule has 0 radical (unpaired) electrons. The third-order valence-corrected chi connectivity index (χ3v) is 5.74. The van der Waals surface area contributed by atoms with Gasteiger partial charge in [-0.15, -0.1) is 11.3 Å². The minimum atomic E-state index is -0.112. The zero-order valence-electron chi connectivity index (χ0n) is 16.3. The normalized spacial score (nSPS) is 10.6. The predicted molar refractivity (Wildman–Crippen MR) is 123 cm³/mol. The summed E-state index contributed by atoms with van der Waals surface area (Å²) in [6.45, 7) is 0.430. The van der Waals surface area contributed by atoms with Crippen molar-refractivity contribution < 1.29 is 9.53 Å². The molecule has 0 saturated heterocycles. The molecule has 1 aromatic heterocycles. The van der Waals surface area contributed by atoms with E-state index in [2.05, 4.69) is 0 Å². The molecule has 0 unspecified atom stereocenters. The number of hydrogen-bond donors (Lipinski definition) is 0. The van der Waals surface area contributed by atoms with Gasteiger partial charge in [0.1, 0.15) is 5.75 Å². The van der Waals surface area contributed by atoms with E-state index in [-0.39, 0.29) is 5.91 Å². The highest BCUT2D eigenvalue weighted by molar-refractivity contribution is 7.14. The Labute approximate surface area is 184 Å². The van der Waals surface area contributed by atoms with Gasteiger partial charge in [-0.3, -0.25) is 9.69 Å². The van der Waals surface area contributed by atoms with Crippen molar-refractivity contribution in [3.63, 3.8) is 0 Å². The predicted octanol–water partition coefficient (Wildman–Crippen LogP) is 6.32. The molecule has 30 heavy (non-hydrogen) atoms. The Kier molecular flexibility index (Phi) is 6.12. The molecule has 4 nitrogen and oxygen atoms in total. The number of nitrogens with zero attached hydrogens (tertiary/aromatic N) is 2. The number of methoxy groups -OCH3 is 1. The van der Waals surface area contributed by atoms with Crippen LogP contribution >= 0.6 is 22.9 Å². The first kappa shape index (κ1) is 20.1. The SMILES string of the molecule is COc1ccc(C(=O)N(Cc2ccccc2)c2nc(-c3ccc(Cl)cc3)cs2)cc1. The molecule has 150 valence electrons. The number of amides is 1. The average molecular weight is 435 g/mol. The maximum absolute atomic E-state index is 13.4. The lowest BCUT2D eigenvalue weighted by Crippen LogP contribution is -2.30. The number of hydrogen-bond acceptors (Lipinski definition) is 4. The summed E-state index contributed by atoms with van der Waals surface area (Å²) in [6.07, 6.45) is 0. The summed E-state index contributed by atoms with van der Waals surface area (Å²) in [5.41, 5.74) is 3.38. The largest absolute Gasteiger partial charge is 0.497 e. The Hall–Kier alpha value is -3.15. The van der Waals surface area contributed by atoms with E-state index in [0.717, 1.165) is 16.8 Å². The van der Waals surface area contributed by atoms with Crippen molar-refractivity contribution >= 4 is 34.0 Å². The fraction of sp³-hybridized carbons (Fsp3) is 0.0833. The summed E-state index contributed by atoms with van der Waals surface area (Å²) in [5, 5.41) is 3.27. The molecule has 0 fully saturated rings. The number of halogens is 1. The van der Waals surface area contributed by atoms with Gasteiger partial charge in [0.15, 0.2) is 5.13 Å². The molecule has 1 heterocycles. The fourth-order valence-corrected chi connectivity index (χ4v) is 3.98. The summed E-state index contributed by atoms with van der Waals surface area (Å²) in [6, 6.07) is 24.5. The molecule has 6 heteroatoms. The highest BCUT2D eigenvalue weighted by Crippen LogP contribution is 2.30. The highest BCUT2D eigenvalue weighted by atomic mass is 35.5. The number of rotatable bonds is 6. The van der Waals surface area contributed by atoms with E-state index in [1.165, 1.54) is 11.3 Å². The van der Waals surface area contributed by atoms with E-state index in [4.69, 9.17) is 21.3 Å². The van der Waals surface area contributed by atoms with E-state index in [1.807, 2.05) is 60.0 Å². The highest BCUT2D eigenvalue weighted by Gasteiger charge is 2.21. The van der Waals surface area contributed by atoms with Crippen LogP contribution in [-0.4, -0.2) is 18.0 Å². The summed E-state index contributed by atoms with van der Waals surface area (Å²) in [5.74, 6) is 0.596. The Morgan fingerprint density at radius 2 is 1.70 bits per heavy atom. The van der Waals surface area contributed by atoms with E-state index in [9.17, 15) is 4.79 Å². The minimum Gasteiger partial charge on any atom is -0.497 e. The summed E-state index contributed by atoms with van der Waals surface area (Å²) in [7, 11) is 1.60. The first-order valence-electron chi connectivity index (χ1n) is 9.35. The second-order valence-corrected chi connectivity index (χ2v) is 7.90. The Bertz CT molecular complexity index is 1130. The van der Waals surface area contributed by atoms with Crippen LogP contribution in [0.25, 0.3) is 11.3 Å². The number of benzene rings is 3. The molecule has 0 saturated carbocycles. The monoisotopic (exact) mass is 434 g/mol. The van der Waals surface area contributed by atoms with Crippen LogP contribution in [0.2, 0.25) is 5.02 Å². The molecule has 1 amide bonds. The quantitative estimate of drug-likeness (QED) is 0.356. The van der Waals surface area contributed by atoms with Crippen LogP contribution in [0.3, 0.4) is 0 Å². The molecule has 0 bridgehead atoms. The van der Waals surface area contributed by atoms with Crippen molar-refractivity contribution in [2.45, 2.75) is 6.54 Å². The number of carbonyl (C=O) groups excluding carboxylic acids is 1. The zero-order valence-corrected chi connectivity index (χ0v) is 17.9. The molecule has 0 aliphatic carbocycles. The number of ether oxygens (including phenoxy) is 1. The van der Waals surface area contributed by atoms with Gasteiger partial charge < -0.3 is 4.74 Å². The second kappa shape index (κ2) is 9.11. The topological polar surface area (TPSA) is 42.4 Å². The second-order valence-electron chi connectivity index (χ2n) is 6.63. The smallest absolute Gasteiger partial charge is 0.260 e. The molecular formula is C24H19ClN2O2S. The fourth-order valence-electron chi connectivity index (χ4n) is 3.02. The first-order chi connectivity index (χ1) is 14.6. The van der Waals surface area contributed by atoms with Gasteiger partial charge in [-0.05, 0) is 42.0 Å². The Morgan fingerprint density at radius 1 is 1.00 bits per heavy atom. The van der Waals surface area contributed by atoms with Crippen molar-refractivity contribution in [2.75, 3.05) is 12.0 Å². The van der Waals surface area contributed by atoms with Gasteiger partial charge >= 0.3 is 0 Å². The number of carbonyl (C=O) groups is 1. The standard InChI is InChI=1S/C24H19ClN2O2S/c1-29-21-13-9-19(10-14-21)23(28)27(15-17-5-3-2-4-6-17)24-26-22(16-30-24)18-7-11-20(25)12-8-18/h2-14,16H,15H2,1H3. The van der Waals surface area contributed by atoms with E-state index in [1.54, 1.807) is 36.3 Å². The van der Waals surface area contributed by atoms with Crippen molar-refractivity contribution in [1.82, 2.24) is 4.98 Å². The van der Waals surface area contributed by atoms with Gasteiger partial charge in [-0.2, -0.15) is 0 Å². The van der Waals surface area contributed by atoms with Gasteiger partial charge in [0, 0.05) is 21.5 Å². The zero-order chi connectivity index (χ0) is 20.9. The maximum Gasteiger partial charge on any atom is 0.260 e. The molecular weight excluding hydrogens is 416 g/mol. The lowest BCUT2D eigenvalue weighted by molar-refractivity contribution is 0.0985. The molecule has 0 aliphatic rings. The molecule has 0 spiro atoms. The van der Waals surface area contributed by atoms with Crippen molar-refractivity contribution in [1.29, 1.82) is 0 Å². The van der Waals surface area contributed by atoms with Crippen molar-refractivity contribution in [2.24, 2.45) is 0 Å². The lowest BCUT2D eigenvalue weighted by atomic mass is 10.1. The van der Waals surface area contributed by atoms with E-state index < -0.39 is 0 Å². The van der Waals surface area contributed by atoms with Crippen LogP contribution in [0.1, 0.15) is 15.9 Å². The van der Waals surface area contributed by atoms with Crippen molar-refractivity contribution in [3.8, 4) is 17.0 Å². The van der Waals surface area contributed by atoms with Crippen LogP contribution in [0.5, 0.6) is 5.75 Å². The lowest BCUT2D eigenvalue weighted by Gasteiger charge is -2.20. The Morgan fingerprint density at radius 3 is 2.37 bits per heavy atom. The maximum atomic E-state index is 13.4. The van der Waals surface area contributed by atoms with E-state index in [0.29, 0.717) is 28.0 Å². The summed E-state index contributed by atoms with van der Waals surface area (Å²) >= 11 is 7.44. The van der Waals surface area contributed by atoms with Crippen LogP contribution in [0.15, 0.2) is 84.2 Å². The number of aromatic nitrogens is 1. The molecule has 0 N–H and O–H groups in total. The first-order valence-corrected chi connectivity index (χ1v) is 10.6. The summed E-state index contributed by atoms with van der Waals surface area (Å²) in [4.78, 5) is 19.8. The molecule has 3 aromatic carbocycles. The molecule has 0 aliphatic heterocycles. The van der Waals surface area contributed by atoms with Gasteiger partial charge in [-0.1, -0.05) is 54.1 Å². The number of anilines is 1. The van der Waals surface area contributed by atoms with E-state index >= 15 is 0 Å². The number of thiazole rings is 1.